The van der Waals surface area contributed by atoms with Crippen molar-refractivity contribution in [1.29, 1.82) is 0 Å². The predicted molar refractivity (Wildman–Crippen MR) is 95.0 cm³/mol. The molecule has 0 saturated carbocycles. The van der Waals surface area contributed by atoms with Crippen molar-refractivity contribution < 1.29 is 20.2 Å². The maximum atomic E-state index is 11.4. The van der Waals surface area contributed by atoms with Crippen molar-refractivity contribution in [2.45, 2.75) is 0 Å². The molecule has 0 aliphatic rings. The summed E-state index contributed by atoms with van der Waals surface area (Å²) in [7, 11) is 3.58. The number of aromatic amines is 2. The van der Waals surface area contributed by atoms with Crippen molar-refractivity contribution in [1.82, 2.24) is 19.6 Å². The van der Waals surface area contributed by atoms with E-state index in [-0.39, 0.29) is 21.6 Å². The molecule has 4 aromatic rings. The van der Waals surface area contributed by atoms with Gasteiger partial charge < -0.3 is 10.2 Å². The quantitative estimate of drug-likeness (QED) is 0.452. The first-order valence-electron chi connectivity index (χ1n) is 7.90. The molecule has 0 amide bonds. The smallest absolute Gasteiger partial charge is 0.872 e. The van der Waals surface area contributed by atoms with Gasteiger partial charge in [-0.15, -0.1) is 9.36 Å². The van der Waals surface area contributed by atoms with Crippen LogP contribution in [0.3, 0.4) is 0 Å². The van der Waals surface area contributed by atoms with Gasteiger partial charge in [-0.1, -0.05) is 47.9 Å². The Morgan fingerprint density at radius 3 is 1.37 bits per heavy atom. The van der Waals surface area contributed by atoms with Crippen LogP contribution in [-0.4, -0.2) is 29.7 Å². The molecule has 8 nitrogen and oxygen atoms in total. The summed E-state index contributed by atoms with van der Waals surface area (Å²) in [5, 5.41) is 30.7. The van der Waals surface area contributed by atoms with Gasteiger partial charge in [-0.05, 0) is 12.1 Å². The first-order valence-corrected chi connectivity index (χ1v) is 7.90. The molecular weight excluding hydrogens is 341 g/mol. The minimum atomic E-state index is 0. The van der Waals surface area contributed by atoms with E-state index in [9.17, 15) is 10.2 Å². The number of hydrogen-bond acceptors (Lipinski definition) is 4. The molecular formula is C18H18BeN6O2+2. The first-order chi connectivity index (χ1) is 12.6. The molecule has 0 radical (unpaired) electrons. The van der Waals surface area contributed by atoms with E-state index in [0.29, 0.717) is 11.1 Å². The summed E-state index contributed by atoms with van der Waals surface area (Å²) in [5.74, 6) is 1.46. The molecule has 2 heterocycles. The molecule has 0 atom stereocenters. The number of para-hydroxylation sites is 2. The van der Waals surface area contributed by atoms with Crippen LogP contribution in [0.25, 0.3) is 22.8 Å². The molecule has 0 aliphatic heterocycles. The summed E-state index contributed by atoms with van der Waals surface area (Å²) in [6.45, 7) is 0. The van der Waals surface area contributed by atoms with Gasteiger partial charge in [-0.2, -0.15) is 0 Å². The maximum Gasteiger partial charge on any atom is 2.00 e. The summed E-state index contributed by atoms with van der Waals surface area (Å²) >= 11 is 0. The molecule has 0 unspecified atom stereocenters. The Kier molecular flexibility index (Phi) is 6.41. The van der Waals surface area contributed by atoms with E-state index in [0.717, 1.165) is 11.6 Å². The molecule has 0 aliphatic carbocycles. The second-order valence-electron chi connectivity index (χ2n) is 5.51. The molecule has 0 spiro atoms. The molecule has 27 heavy (non-hydrogen) atoms. The van der Waals surface area contributed by atoms with Crippen molar-refractivity contribution in [3.8, 4) is 34.3 Å². The number of aryl methyl sites for hydroxylation is 2. The van der Waals surface area contributed by atoms with Gasteiger partial charge >= 0.3 is 10.1 Å². The molecule has 9 heteroatoms. The van der Waals surface area contributed by atoms with Crippen LogP contribution in [0.15, 0.2) is 61.2 Å². The number of benzene rings is 2. The van der Waals surface area contributed by atoms with Crippen LogP contribution in [0.5, 0.6) is 11.5 Å². The minimum absolute atomic E-state index is 0. The zero-order valence-electron chi connectivity index (χ0n) is 15.1. The Morgan fingerprint density at radius 2 is 1.07 bits per heavy atom. The van der Waals surface area contributed by atoms with Gasteiger partial charge in [0.1, 0.15) is 0 Å². The number of nitrogens with zero attached hydrogens (tertiary/aromatic N) is 4. The second kappa shape index (κ2) is 8.73. The van der Waals surface area contributed by atoms with Crippen molar-refractivity contribution in [3.05, 3.63) is 61.2 Å². The fourth-order valence-electron chi connectivity index (χ4n) is 2.48. The number of rotatable bonds is 2. The molecule has 132 valence electrons. The fourth-order valence-corrected chi connectivity index (χ4v) is 2.48. The van der Waals surface area contributed by atoms with Crippen LogP contribution >= 0.6 is 0 Å². The summed E-state index contributed by atoms with van der Waals surface area (Å²) in [4.78, 5) is 5.83. The minimum Gasteiger partial charge on any atom is -0.872 e. The van der Waals surface area contributed by atoms with E-state index >= 15 is 0 Å². The zero-order chi connectivity index (χ0) is 18.5. The Hall–Kier alpha value is -3.51. The average molecular weight is 359 g/mol. The molecule has 4 rings (SSSR count). The average Bonchev–Trinajstić information content (AvgIpc) is 3.25. The number of hydrogen-bond donors (Lipinski definition) is 0. The summed E-state index contributed by atoms with van der Waals surface area (Å²) in [6.07, 6.45) is 3.11. The van der Waals surface area contributed by atoms with Crippen LogP contribution in [0.1, 0.15) is 0 Å². The second-order valence-corrected chi connectivity index (χ2v) is 5.51. The van der Waals surface area contributed by atoms with Gasteiger partial charge in [0, 0.05) is 21.3 Å². The van der Waals surface area contributed by atoms with Crippen molar-refractivity contribution in [3.63, 3.8) is 0 Å². The number of nitrogens with one attached hydrogen (secondary N) is 2. The van der Waals surface area contributed by atoms with Crippen LogP contribution in [0.4, 0.5) is 0 Å². The summed E-state index contributed by atoms with van der Waals surface area (Å²) < 4.78 is 3.27. The Bertz CT molecular complexity index is 933. The Labute approximate surface area is 160 Å². The summed E-state index contributed by atoms with van der Waals surface area (Å²) in [5.41, 5.74) is 1.28. The number of H-pyrrole nitrogens is 2. The summed E-state index contributed by atoms with van der Waals surface area (Å²) in [6, 6.07) is 13.7. The van der Waals surface area contributed by atoms with Crippen LogP contribution in [-0.2, 0) is 14.1 Å². The van der Waals surface area contributed by atoms with Crippen molar-refractivity contribution in [2.24, 2.45) is 14.1 Å². The van der Waals surface area contributed by atoms with Crippen molar-refractivity contribution in [2.75, 3.05) is 0 Å². The Balaban J connectivity index is 0.000000187. The van der Waals surface area contributed by atoms with Crippen LogP contribution in [0, 0.1) is 0 Å². The van der Waals surface area contributed by atoms with E-state index in [1.54, 1.807) is 60.4 Å². The van der Waals surface area contributed by atoms with E-state index < -0.39 is 0 Å². The van der Waals surface area contributed by atoms with E-state index in [1.807, 2.05) is 12.1 Å². The first kappa shape index (κ1) is 19.8. The third-order valence-electron chi connectivity index (χ3n) is 3.80. The molecule has 0 fully saturated rings. The monoisotopic (exact) mass is 359 g/mol. The van der Waals surface area contributed by atoms with Gasteiger partial charge in [0.2, 0.25) is 0 Å². The van der Waals surface area contributed by atoms with Gasteiger partial charge in [0.25, 0.3) is 24.3 Å². The molecule has 2 N–H and O–H groups in total. The largest absolute Gasteiger partial charge is 2.00 e. The standard InChI is InChI=1S/2C9H9N3O.Be/c2*1-12-9(10-6-11-12)7-4-2-3-5-8(7)13;/h2*2-6,13H,1H3;/q;;+2. The van der Waals surface area contributed by atoms with Crippen LogP contribution in [0.2, 0.25) is 0 Å². The van der Waals surface area contributed by atoms with E-state index in [4.69, 9.17) is 0 Å². The van der Waals surface area contributed by atoms with E-state index in [2.05, 4.69) is 20.2 Å². The molecule has 2 aromatic heterocycles. The van der Waals surface area contributed by atoms with Gasteiger partial charge in [0.05, 0.1) is 14.1 Å². The van der Waals surface area contributed by atoms with Crippen LogP contribution < -0.4 is 20.2 Å². The normalized spacial score (nSPS) is 9.85. The molecule has 0 bridgehead atoms. The van der Waals surface area contributed by atoms with Crippen molar-refractivity contribution >= 4 is 10.1 Å². The van der Waals surface area contributed by atoms with E-state index in [1.165, 1.54) is 12.1 Å². The Morgan fingerprint density at radius 1 is 0.704 bits per heavy atom. The van der Waals surface area contributed by atoms with Gasteiger partial charge in [-0.3, -0.25) is 0 Å². The topological polar surface area (TPSA) is 110 Å². The van der Waals surface area contributed by atoms with Gasteiger partial charge in [-0.25, -0.2) is 9.97 Å². The maximum absolute atomic E-state index is 11.4. The third-order valence-corrected chi connectivity index (χ3v) is 3.80. The zero-order valence-corrected chi connectivity index (χ0v) is 15.1. The number of aromatic nitrogens is 6. The molecule has 0 saturated heterocycles. The molecule has 2 aromatic carbocycles. The predicted octanol–water partition coefficient (Wildman–Crippen LogP) is -0.431. The third kappa shape index (κ3) is 4.37. The van der Waals surface area contributed by atoms with Gasteiger partial charge in [0.15, 0.2) is 0 Å². The SMILES string of the molecule is Cn1nc[nH+]c1-c1ccccc1[O-].Cn1nc[nH+]c1-c1ccccc1[O-].[Be+2]. The fraction of sp³-hybridized carbons (Fsp3) is 0.111.